The highest BCUT2D eigenvalue weighted by Crippen LogP contribution is 2.17. The first kappa shape index (κ1) is 12.3. The molecule has 0 saturated heterocycles. The number of halogens is 2. The van der Waals surface area contributed by atoms with Gasteiger partial charge in [-0.25, -0.2) is 4.39 Å². The first-order valence-corrected chi connectivity index (χ1v) is 5.60. The molecule has 0 atom stereocenters. The molecule has 0 unspecified atom stereocenters. The van der Waals surface area contributed by atoms with E-state index in [0.717, 1.165) is 6.07 Å². The van der Waals surface area contributed by atoms with E-state index in [0.29, 0.717) is 4.47 Å². The van der Waals surface area contributed by atoms with Crippen LogP contribution in [0.25, 0.3) is 0 Å². The number of hydrogen-bond donors (Lipinski definition) is 2. The Balaban J connectivity index is 2.25. The number of aromatic nitrogens is 2. The predicted octanol–water partition coefficient (Wildman–Crippen LogP) is 2.44. The van der Waals surface area contributed by atoms with Gasteiger partial charge in [0.25, 0.3) is 5.91 Å². The van der Waals surface area contributed by atoms with E-state index >= 15 is 0 Å². The molecule has 1 aromatic heterocycles. The standard InChI is InChI=1S/C11H6BrFN4O/c12-8-1-6(2-9(13)3-8)11(18)16-10-7(4-14)5-15-17-10/h1-3,5H,(H2,15,16,17,18). The van der Waals surface area contributed by atoms with Crippen LogP contribution in [-0.2, 0) is 0 Å². The number of carbonyl (C=O) groups is 1. The number of carbonyl (C=O) groups excluding carboxylic acids is 1. The molecule has 2 aromatic rings. The Morgan fingerprint density at radius 2 is 2.28 bits per heavy atom. The zero-order valence-corrected chi connectivity index (χ0v) is 10.5. The predicted molar refractivity (Wildman–Crippen MR) is 65.4 cm³/mol. The van der Waals surface area contributed by atoms with Gasteiger partial charge in [-0.3, -0.25) is 9.89 Å². The number of H-pyrrole nitrogens is 1. The van der Waals surface area contributed by atoms with E-state index in [2.05, 4.69) is 31.4 Å². The number of nitriles is 1. The van der Waals surface area contributed by atoms with Gasteiger partial charge in [0.05, 0.1) is 6.20 Å². The minimum atomic E-state index is -0.532. The van der Waals surface area contributed by atoms with Gasteiger partial charge in [-0.2, -0.15) is 10.4 Å². The van der Waals surface area contributed by atoms with Gasteiger partial charge in [0.2, 0.25) is 0 Å². The minimum Gasteiger partial charge on any atom is -0.306 e. The Hall–Kier alpha value is -2.20. The molecule has 2 N–H and O–H groups in total. The number of benzene rings is 1. The normalized spacial score (nSPS) is 9.83. The van der Waals surface area contributed by atoms with E-state index in [4.69, 9.17) is 5.26 Å². The Labute approximate surface area is 110 Å². The average molecular weight is 309 g/mol. The first-order valence-electron chi connectivity index (χ1n) is 4.81. The third kappa shape index (κ3) is 2.55. The lowest BCUT2D eigenvalue weighted by molar-refractivity contribution is 0.102. The molecule has 1 amide bonds. The van der Waals surface area contributed by atoms with Gasteiger partial charge in [-0.15, -0.1) is 0 Å². The zero-order chi connectivity index (χ0) is 13.1. The lowest BCUT2D eigenvalue weighted by Gasteiger charge is -2.04. The Morgan fingerprint density at radius 1 is 1.50 bits per heavy atom. The third-order valence-electron chi connectivity index (χ3n) is 2.12. The van der Waals surface area contributed by atoms with E-state index in [1.165, 1.54) is 18.3 Å². The third-order valence-corrected chi connectivity index (χ3v) is 2.58. The minimum absolute atomic E-state index is 0.139. The van der Waals surface area contributed by atoms with Crippen LogP contribution in [0.4, 0.5) is 10.2 Å². The quantitative estimate of drug-likeness (QED) is 0.894. The molecule has 7 heteroatoms. The van der Waals surface area contributed by atoms with Crippen LogP contribution in [0.3, 0.4) is 0 Å². The van der Waals surface area contributed by atoms with Crippen LogP contribution < -0.4 is 5.32 Å². The molecule has 0 fully saturated rings. The van der Waals surface area contributed by atoms with Gasteiger partial charge in [-0.05, 0) is 18.2 Å². The van der Waals surface area contributed by atoms with Crippen molar-refractivity contribution in [3.63, 3.8) is 0 Å². The summed E-state index contributed by atoms with van der Waals surface area (Å²) in [6.07, 6.45) is 1.29. The largest absolute Gasteiger partial charge is 0.306 e. The number of rotatable bonds is 2. The molecule has 0 aliphatic rings. The first-order chi connectivity index (χ1) is 8.60. The second-order valence-corrected chi connectivity index (χ2v) is 4.30. The lowest BCUT2D eigenvalue weighted by Crippen LogP contribution is -2.13. The summed E-state index contributed by atoms with van der Waals surface area (Å²) in [5.41, 5.74) is 0.346. The highest BCUT2D eigenvalue weighted by atomic mass is 79.9. The van der Waals surface area contributed by atoms with Gasteiger partial charge in [0.15, 0.2) is 0 Å². The van der Waals surface area contributed by atoms with Gasteiger partial charge >= 0.3 is 0 Å². The lowest BCUT2D eigenvalue weighted by atomic mass is 10.2. The number of aromatic amines is 1. The van der Waals surface area contributed by atoms with Crippen LogP contribution >= 0.6 is 15.9 Å². The number of nitrogens with one attached hydrogen (secondary N) is 2. The van der Waals surface area contributed by atoms with E-state index < -0.39 is 11.7 Å². The molecule has 90 valence electrons. The number of anilines is 1. The molecule has 0 saturated carbocycles. The summed E-state index contributed by atoms with van der Waals surface area (Å²) >= 11 is 3.09. The SMILES string of the molecule is N#Cc1cn[nH]c1NC(=O)c1cc(F)cc(Br)c1. The van der Waals surface area contributed by atoms with Gasteiger partial charge < -0.3 is 5.32 Å². The van der Waals surface area contributed by atoms with Crippen LogP contribution in [0.1, 0.15) is 15.9 Å². The highest BCUT2D eigenvalue weighted by molar-refractivity contribution is 9.10. The fraction of sp³-hybridized carbons (Fsp3) is 0. The molecule has 0 aliphatic heterocycles. The smallest absolute Gasteiger partial charge is 0.256 e. The summed E-state index contributed by atoms with van der Waals surface area (Å²) in [7, 11) is 0. The summed E-state index contributed by atoms with van der Waals surface area (Å²) in [4.78, 5) is 11.8. The number of amides is 1. The van der Waals surface area contributed by atoms with Crippen LogP contribution in [-0.4, -0.2) is 16.1 Å². The van der Waals surface area contributed by atoms with Gasteiger partial charge in [0.1, 0.15) is 23.3 Å². The second kappa shape index (κ2) is 4.98. The molecule has 5 nitrogen and oxygen atoms in total. The fourth-order valence-corrected chi connectivity index (χ4v) is 1.80. The topological polar surface area (TPSA) is 81.6 Å². The molecule has 0 radical (unpaired) electrons. The van der Waals surface area contributed by atoms with Gasteiger partial charge in [-0.1, -0.05) is 15.9 Å². The van der Waals surface area contributed by atoms with Crippen molar-refractivity contribution in [2.24, 2.45) is 0 Å². The summed E-state index contributed by atoms with van der Waals surface area (Å²) in [5.74, 6) is -0.876. The maximum Gasteiger partial charge on any atom is 0.256 e. The monoisotopic (exact) mass is 308 g/mol. The maximum absolute atomic E-state index is 13.1. The Kier molecular flexibility index (Phi) is 3.39. The molecule has 0 spiro atoms. The molecule has 1 aromatic carbocycles. The van der Waals surface area contributed by atoms with E-state index in [9.17, 15) is 9.18 Å². The van der Waals surface area contributed by atoms with Crippen molar-refractivity contribution in [2.45, 2.75) is 0 Å². The molecule has 0 bridgehead atoms. The molecule has 2 rings (SSSR count). The molecule has 0 aliphatic carbocycles. The van der Waals surface area contributed by atoms with Crippen LogP contribution in [0.5, 0.6) is 0 Å². The second-order valence-electron chi connectivity index (χ2n) is 3.38. The van der Waals surface area contributed by atoms with Crippen molar-refractivity contribution < 1.29 is 9.18 Å². The summed E-state index contributed by atoms with van der Waals surface area (Å²) in [6, 6.07) is 5.68. The summed E-state index contributed by atoms with van der Waals surface area (Å²) in [5, 5.41) is 17.3. The van der Waals surface area contributed by atoms with Crippen molar-refractivity contribution in [1.82, 2.24) is 10.2 Å². The zero-order valence-electron chi connectivity index (χ0n) is 8.87. The van der Waals surface area contributed by atoms with Crippen LogP contribution in [0.2, 0.25) is 0 Å². The fourth-order valence-electron chi connectivity index (χ4n) is 1.34. The summed E-state index contributed by atoms with van der Waals surface area (Å²) in [6.45, 7) is 0. The number of nitrogens with zero attached hydrogens (tertiary/aromatic N) is 2. The van der Waals surface area contributed by atoms with E-state index in [1.807, 2.05) is 6.07 Å². The van der Waals surface area contributed by atoms with E-state index in [1.54, 1.807) is 0 Å². The van der Waals surface area contributed by atoms with Gasteiger partial charge in [0, 0.05) is 10.0 Å². The summed E-state index contributed by atoms with van der Waals surface area (Å²) < 4.78 is 13.6. The van der Waals surface area contributed by atoms with Crippen molar-refractivity contribution >= 4 is 27.7 Å². The van der Waals surface area contributed by atoms with Crippen LogP contribution in [0.15, 0.2) is 28.9 Å². The van der Waals surface area contributed by atoms with Crippen molar-refractivity contribution in [1.29, 1.82) is 5.26 Å². The Bertz CT molecular complexity index is 626. The van der Waals surface area contributed by atoms with Crippen molar-refractivity contribution in [2.75, 3.05) is 5.32 Å². The highest BCUT2D eigenvalue weighted by Gasteiger charge is 2.12. The average Bonchev–Trinajstić information content (AvgIpc) is 2.75. The maximum atomic E-state index is 13.1. The van der Waals surface area contributed by atoms with Crippen LogP contribution in [0, 0.1) is 17.1 Å². The Morgan fingerprint density at radius 3 is 2.94 bits per heavy atom. The van der Waals surface area contributed by atoms with Crippen molar-refractivity contribution in [3.8, 4) is 6.07 Å². The van der Waals surface area contributed by atoms with Crippen molar-refractivity contribution in [3.05, 3.63) is 45.8 Å². The van der Waals surface area contributed by atoms with E-state index in [-0.39, 0.29) is 16.9 Å². The molecule has 1 heterocycles. The molecular weight excluding hydrogens is 303 g/mol. The number of hydrogen-bond acceptors (Lipinski definition) is 3. The molecule has 18 heavy (non-hydrogen) atoms. The molecular formula is C11H6BrFN4O.